The summed E-state index contributed by atoms with van der Waals surface area (Å²) in [7, 11) is 0. The van der Waals surface area contributed by atoms with Crippen molar-refractivity contribution in [3.05, 3.63) is 40.6 Å². The molecule has 1 aliphatic heterocycles. The molecule has 2 heterocycles. The lowest BCUT2D eigenvalue weighted by molar-refractivity contribution is -0.111. The van der Waals surface area contributed by atoms with Gasteiger partial charge in [0.1, 0.15) is 11.5 Å². The molecule has 1 aromatic heterocycles. The van der Waals surface area contributed by atoms with Gasteiger partial charge in [-0.05, 0) is 31.4 Å². The second-order valence-electron chi connectivity index (χ2n) is 6.12. The first-order chi connectivity index (χ1) is 13.7. The summed E-state index contributed by atoms with van der Waals surface area (Å²) >= 11 is 1.58. The zero-order valence-electron chi connectivity index (χ0n) is 16.3. The van der Waals surface area contributed by atoms with Crippen LogP contribution in [0, 0.1) is 0 Å². The number of benzene rings is 1. The van der Waals surface area contributed by atoms with Crippen LogP contribution < -0.4 is 19.7 Å². The van der Waals surface area contributed by atoms with Crippen LogP contribution in [-0.2, 0) is 9.53 Å². The average molecular weight is 403 g/mol. The van der Waals surface area contributed by atoms with Crippen LogP contribution in [0.1, 0.15) is 18.7 Å². The predicted molar refractivity (Wildman–Crippen MR) is 114 cm³/mol. The minimum atomic E-state index is -0.212. The topological polar surface area (TPSA) is 60.0 Å². The summed E-state index contributed by atoms with van der Waals surface area (Å²) in [6.07, 6.45) is 3.32. The van der Waals surface area contributed by atoms with E-state index in [-0.39, 0.29) is 5.91 Å². The third kappa shape index (κ3) is 5.27. The molecule has 1 amide bonds. The number of thiophene rings is 1. The maximum Gasteiger partial charge on any atom is 0.248 e. The van der Waals surface area contributed by atoms with Crippen LogP contribution in [0.5, 0.6) is 11.5 Å². The Hall–Kier alpha value is -2.51. The first-order valence-electron chi connectivity index (χ1n) is 9.50. The quantitative estimate of drug-likeness (QED) is 0.676. The number of morpholine rings is 1. The Balaban J connectivity index is 1.85. The molecule has 0 aliphatic carbocycles. The highest BCUT2D eigenvalue weighted by Crippen LogP contribution is 2.39. The third-order valence-electron chi connectivity index (χ3n) is 4.21. The van der Waals surface area contributed by atoms with Crippen LogP contribution >= 0.6 is 11.3 Å². The van der Waals surface area contributed by atoms with Gasteiger partial charge in [0.15, 0.2) is 0 Å². The molecule has 6 nitrogen and oxygen atoms in total. The first kappa shape index (κ1) is 20.2. The number of hydrogen-bond donors (Lipinski definition) is 1. The number of carbonyl (C=O) groups excluding carboxylic acids is 1. The van der Waals surface area contributed by atoms with Gasteiger partial charge in [-0.25, -0.2) is 0 Å². The Labute approximate surface area is 169 Å². The monoisotopic (exact) mass is 402 g/mol. The third-order valence-corrected chi connectivity index (χ3v) is 5.05. The van der Waals surface area contributed by atoms with E-state index in [0.29, 0.717) is 37.9 Å². The minimum Gasteiger partial charge on any atom is -0.492 e. The highest BCUT2D eigenvalue weighted by molar-refractivity contribution is 7.10. The van der Waals surface area contributed by atoms with Crippen molar-refractivity contribution in [2.24, 2.45) is 0 Å². The maximum absolute atomic E-state index is 12.4. The number of anilines is 2. The summed E-state index contributed by atoms with van der Waals surface area (Å²) in [4.78, 5) is 15.7. The Morgan fingerprint density at radius 2 is 1.96 bits per heavy atom. The molecule has 1 aliphatic rings. The molecule has 1 saturated heterocycles. The van der Waals surface area contributed by atoms with Crippen molar-refractivity contribution in [2.45, 2.75) is 13.8 Å². The summed E-state index contributed by atoms with van der Waals surface area (Å²) in [6, 6.07) is 7.70. The molecule has 1 aromatic carbocycles. The van der Waals surface area contributed by atoms with E-state index in [0.717, 1.165) is 29.4 Å². The molecule has 1 fully saturated rings. The number of rotatable bonds is 8. The lowest BCUT2D eigenvalue weighted by Crippen LogP contribution is -2.36. The van der Waals surface area contributed by atoms with Crippen molar-refractivity contribution in [3.8, 4) is 11.5 Å². The van der Waals surface area contributed by atoms with E-state index in [4.69, 9.17) is 14.2 Å². The predicted octanol–water partition coefficient (Wildman–Crippen LogP) is 4.03. The fourth-order valence-corrected chi connectivity index (χ4v) is 3.58. The summed E-state index contributed by atoms with van der Waals surface area (Å²) in [5, 5.41) is 4.89. The van der Waals surface area contributed by atoms with Crippen molar-refractivity contribution in [2.75, 3.05) is 49.7 Å². The smallest absolute Gasteiger partial charge is 0.248 e. The number of amides is 1. The van der Waals surface area contributed by atoms with Gasteiger partial charge in [-0.15, -0.1) is 11.3 Å². The lowest BCUT2D eigenvalue weighted by Gasteiger charge is -2.31. The fraction of sp³-hybridized carbons (Fsp3) is 0.381. The van der Waals surface area contributed by atoms with E-state index in [2.05, 4.69) is 10.2 Å². The highest BCUT2D eigenvalue weighted by atomic mass is 32.1. The van der Waals surface area contributed by atoms with E-state index in [1.54, 1.807) is 17.4 Å². The van der Waals surface area contributed by atoms with Crippen molar-refractivity contribution < 1.29 is 19.0 Å². The van der Waals surface area contributed by atoms with Crippen LogP contribution in [0.15, 0.2) is 35.7 Å². The molecule has 1 N–H and O–H groups in total. The van der Waals surface area contributed by atoms with Gasteiger partial charge in [-0.1, -0.05) is 6.07 Å². The van der Waals surface area contributed by atoms with Gasteiger partial charge in [0, 0.05) is 36.2 Å². The van der Waals surface area contributed by atoms with Gasteiger partial charge in [0.25, 0.3) is 0 Å². The molecule has 28 heavy (non-hydrogen) atoms. The molecule has 0 spiro atoms. The molecule has 7 heteroatoms. The highest BCUT2D eigenvalue weighted by Gasteiger charge is 2.20. The van der Waals surface area contributed by atoms with Gasteiger partial charge in [0.2, 0.25) is 5.91 Å². The molecule has 2 aromatic rings. The van der Waals surface area contributed by atoms with Crippen molar-refractivity contribution in [1.29, 1.82) is 0 Å². The van der Waals surface area contributed by atoms with Crippen molar-refractivity contribution in [3.63, 3.8) is 0 Å². The zero-order chi connectivity index (χ0) is 19.8. The van der Waals surface area contributed by atoms with Gasteiger partial charge in [0.05, 0.1) is 37.8 Å². The van der Waals surface area contributed by atoms with E-state index in [1.807, 2.05) is 43.5 Å². The number of hydrogen-bond acceptors (Lipinski definition) is 6. The number of nitrogens with one attached hydrogen (secondary N) is 1. The largest absolute Gasteiger partial charge is 0.492 e. The van der Waals surface area contributed by atoms with Gasteiger partial charge >= 0.3 is 0 Å². The van der Waals surface area contributed by atoms with Crippen LogP contribution in [0.25, 0.3) is 6.08 Å². The Kier molecular flexibility index (Phi) is 7.33. The van der Waals surface area contributed by atoms with Gasteiger partial charge < -0.3 is 24.4 Å². The summed E-state index contributed by atoms with van der Waals surface area (Å²) in [6.45, 7) is 7.86. The fourth-order valence-electron chi connectivity index (χ4n) is 2.96. The van der Waals surface area contributed by atoms with Crippen LogP contribution in [0.2, 0.25) is 0 Å². The molecule has 150 valence electrons. The molecule has 0 bridgehead atoms. The number of carbonyl (C=O) groups is 1. The lowest BCUT2D eigenvalue weighted by atomic mass is 10.2. The number of ether oxygens (including phenoxy) is 3. The van der Waals surface area contributed by atoms with Gasteiger partial charge in [-0.2, -0.15) is 0 Å². The second-order valence-corrected chi connectivity index (χ2v) is 7.10. The van der Waals surface area contributed by atoms with Crippen molar-refractivity contribution in [1.82, 2.24) is 0 Å². The van der Waals surface area contributed by atoms with Crippen LogP contribution in [-0.4, -0.2) is 45.4 Å². The molecule has 0 atom stereocenters. The molecule has 0 saturated carbocycles. The van der Waals surface area contributed by atoms with Crippen LogP contribution in [0.4, 0.5) is 11.4 Å². The Morgan fingerprint density at radius 3 is 2.64 bits per heavy atom. The molecule has 3 rings (SSSR count). The number of nitrogens with zero attached hydrogens (tertiary/aromatic N) is 1. The summed E-state index contributed by atoms with van der Waals surface area (Å²) in [5.74, 6) is 1.15. The average Bonchev–Trinajstić information content (AvgIpc) is 3.23. The minimum absolute atomic E-state index is 0.212. The summed E-state index contributed by atoms with van der Waals surface area (Å²) in [5.41, 5.74) is 1.56. The molecular formula is C21H26N2O4S. The van der Waals surface area contributed by atoms with E-state index in [1.165, 1.54) is 6.08 Å². The zero-order valence-corrected chi connectivity index (χ0v) is 17.1. The Bertz CT molecular complexity index is 799. The Morgan fingerprint density at radius 1 is 1.21 bits per heavy atom. The summed E-state index contributed by atoms with van der Waals surface area (Å²) < 4.78 is 17.1. The first-order valence-corrected chi connectivity index (χ1v) is 10.4. The van der Waals surface area contributed by atoms with Gasteiger partial charge in [-0.3, -0.25) is 4.79 Å². The molecular weight excluding hydrogens is 376 g/mol. The SMILES string of the molecule is CCOc1cc(N2CCOCC2)c(OCC)cc1NC(=O)C=Cc1cccs1. The normalized spacial score (nSPS) is 14.3. The molecule has 0 unspecified atom stereocenters. The standard InChI is InChI=1S/C21H26N2O4S/c1-3-26-19-15-18(23-9-11-25-12-10-23)20(27-4-2)14-17(19)22-21(24)8-7-16-6-5-13-28-16/h5-8,13-15H,3-4,9-12H2,1-2H3,(H,22,24). The van der Waals surface area contributed by atoms with E-state index >= 15 is 0 Å². The van der Waals surface area contributed by atoms with E-state index in [9.17, 15) is 4.79 Å². The van der Waals surface area contributed by atoms with Crippen molar-refractivity contribution >= 4 is 34.7 Å². The maximum atomic E-state index is 12.4. The molecule has 0 radical (unpaired) electrons. The van der Waals surface area contributed by atoms with Crippen LogP contribution in [0.3, 0.4) is 0 Å². The second kappa shape index (κ2) is 10.1. The van der Waals surface area contributed by atoms with E-state index < -0.39 is 0 Å².